The van der Waals surface area contributed by atoms with Crippen molar-refractivity contribution in [3.05, 3.63) is 108 Å². The van der Waals surface area contributed by atoms with Crippen molar-refractivity contribution in [1.29, 1.82) is 0 Å². The van der Waals surface area contributed by atoms with Crippen LogP contribution in [0.2, 0.25) is 0 Å². The molecule has 0 saturated heterocycles. The van der Waals surface area contributed by atoms with Gasteiger partial charge < -0.3 is 35.3 Å². The Hall–Kier alpha value is -6.01. The quantitative estimate of drug-likeness (QED) is 0.109. The zero-order valence-electron chi connectivity index (χ0n) is 24.5. The zero-order valence-corrected chi connectivity index (χ0v) is 24.5. The lowest BCUT2D eigenvalue weighted by atomic mass is 10.1. The SMILES string of the molecule is CC(=O)Oc1cccc(NC(=O)c2cc(NC(=O)c3cccc(OC(C)=O)c3)cc(NC(=O)c3cccc(OC(C)O)c3)c2)c1. The van der Waals surface area contributed by atoms with E-state index in [1.165, 1.54) is 75.4 Å². The molecule has 0 aromatic heterocycles. The molecule has 12 nitrogen and oxygen atoms in total. The van der Waals surface area contributed by atoms with Gasteiger partial charge in [-0.1, -0.05) is 18.2 Å². The van der Waals surface area contributed by atoms with Gasteiger partial charge in [0.2, 0.25) is 0 Å². The summed E-state index contributed by atoms with van der Waals surface area (Å²) in [5.74, 6) is -2.12. The van der Waals surface area contributed by atoms with E-state index in [0.29, 0.717) is 5.69 Å². The second-order valence-corrected chi connectivity index (χ2v) is 9.65. The Labute approximate surface area is 257 Å². The maximum atomic E-state index is 13.3. The van der Waals surface area contributed by atoms with E-state index in [4.69, 9.17) is 14.2 Å². The third kappa shape index (κ3) is 9.49. The summed E-state index contributed by atoms with van der Waals surface area (Å²) >= 11 is 0. The molecule has 0 spiro atoms. The number of aliphatic hydroxyl groups is 1. The van der Waals surface area contributed by atoms with E-state index in [9.17, 15) is 29.1 Å². The predicted octanol–water partition coefficient (Wildman–Crippen LogP) is 5.01. The van der Waals surface area contributed by atoms with Crippen LogP contribution in [-0.4, -0.2) is 41.1 Å². The van der Waals surface area contributed by atoms with Crippen molar-refractivity contribution < 1.29 is 43.3 Å². The predicted molar refractivity (Wildman–Crippen MR) is 165 cm³/mol. The lowest BCUT2D eigenvalue weighted by Crippen LogP contribution is -2.17. The van der Waals surface area contributed by atoms with E-state index in [2.05, 4.69) is 16.0 Å². The third-order valence-corrected chi connectivity index (χ3v) is 5.83. The molecule has 0 aliphatic rings. The summed E-state index contributed by atoms with van der Waals surface area (Å²) in [5.41, 5.74) is 1.12. The van der Waals surface area contributed by atoms with Gasteiger partial charge in [0.05, 0.1) is 0 Å². The van der Waals surface area contributed by atoms with Crippen molar-refractivity contribution >= 4 is 46.7 Å². The van der Waals surface area contributed by atoms with Gasteiger partial charge in [0.1, 0.15) is 17.2 Å². The molecule has 12 heteroatoms. The van der Waals surface area contributed by atoms with Gasteiger partial charge in [-0.15, -0.1) is 0 Å². The Kier molecular flexibility index (Phi) is 10.2. The van der Waals surface area contributed by atoms with Crippen molar-refractivity contribution in [2.24, 2.45) is 0 Å². The van der Waals surface area contributed by atoms with Crippen LogP contribution in [-0.2, 0) is 9.59 Å². The van der Waals surface area contributed by atoms with Crippen LogP contribution in [0.5, 0.6) is 17.2 Å². The van der Waals surface area contributed by atoms with Gasteiger partial charge in [0, 0.05) is 53.7 Å². The Morgan fingerprint density at radius 3 is 1.53 bits per heavy atom. The fourth-order valence-corrected chi connectivity index (χ4v) is 4.09. The molecule has 0 bridgehead atoms. The highest BCUT2D eigenvalue weighted by Crippen LogP contribution is 2.25. The monoisotopic (exact) mass is 611 g/mol. The minimum atomic E-state index is -1.09. The number of benzene rings is 4. The number of carbonyl (C=O) groups is 5. The van der Waals surface area contributed by atoms with Gasteiger partial charge >= 0.3 is 11.9 Å². The second-order valence-electron chi connectivity index (χ2n) is 9.65. The molecule has 1 unspecified atom stereocenters. The number of carbonyl (C=O) groups excluding carboxylic acids is 5. The lowest BCUT2D eigenvalue weighted by molar-refractivity contribution is -0.132. The molecular weight excluding hydrogens is 582 g/mol. The molecule has 0 heterocycles. The van der Waals surface area contributed by atoms with E-state index in [1.54, 1.807) is 36.4 Å². The molecule has 4 rings (SSSR count). The summed E-state index contributed by atoms with van der Waals surface area (Å²) < 4.78 is 15.4. The van der Waals surface area contributed by atoms with Crippen molar-refractivity contribution in [3.8, 4) is 17.2 Å². The maximum Gasteiger partial charge on any atom is 0.308 e. The lowest BCUT2D eigenvalue weighted by Gasteiger charge is -2.14. The zero-order chi connectivity index (χ0) is 32.5. The van der Waals surface area contributed by atoms with Crippen LogP contribution < -0.4 is 30.2 Å². The van der Waals surface area contributed by atoms with E-state index in [1.807, 2.05) is 0 Å². The fourth-order valence-electron chi connectivity index (χ4n) is 4.09. The Morgan fingerprint density at radius 2 is 1.00 bits per heavy atom. The summed E-state index contributed by atoms with van der Waals surface area (Å²) in [4.78, 5) is 62.2. The first-order chi connectivity index (χ1) is 21.4. The Morgan fingerprint density at radius 1 is 0.556 bits per heavy atom. The van der Waals surface area contributed by atoms with Crippen molar-refractivity contribution in [3.63, 3.8) is 0 Å². The fraction of sp³-hybridized carbons (Fsp3) is 0.121. The van der Waals surface area contributed by atoms with Gasteiger partial charge in [0.15, 0.2) is 6.29 Å². The number of hydrogen-bond acceptors (Lipinski definition) is 9. The number of esters is 2. The number of rotatable bonds is 10. The van der Waals surface area contributed by atoms with E-state index in [0.717, 1.165) is 0 Å². The molecular formula is C33H29N3O9. The van der Waals surface area contributed by atoms with Crippen LogP contribution in [0.25, 0.3) is 0 Å². The van der Waals surface area contributed by atoms with Gasteiger partial charge in [-0.05, 0) is 73.7 Å². The molecule has 4 N–H and O–H groups in total. The minimum absolute atomic E-state index is 0.0702. The molecule has 4 aromatic rings. The summed E-state index contributed by atoms with van der Waals surface area (Å²) in [6, 6.07) is 22.6. The first kappa shape index (κ1) is 31.9. The molecule has 1 atom stereocenters. The molecule has 0 aliphatic heterocycles. The smallest absolute Gasteiger partial charge is 0.308 e. The van der Waals surface area contributed by atoms with Crippen LogP contribution in [0, 0.1) is 0 Å². The molecule has 3 amide bonds. The van der Waals surface area contributed by atoms with Crippen LogP contribution >= 0.6 is 0 Å². The number of hydrogen-bond donors (Lipinski definition) is 4. The maximum absolute atomic E-state index is 13.3. The molecule has 0 fully saturated rings. The number of nitrogens with one attached hydrogen (secondary N) is 3. The number of anilines is 3. The van der Waals surface area contributed by atoms with E-state index in [-0.39, 0.29) is 45.3 Å². The largest absolute Gasteiger partial charge is 0.465 e. The van der Waals surface area contributed by atoms with E-state index < -0.39 is 36.0 Å². The van der Waals surface area contributed by atoms with Crippen molar-refractivity contribution in [1.82, 2.24) is 0 Å². The highest BCUT2D eigenvalue weighted by Gasteiger charge is 2.16. The molecule has 45 heavy (non-hydrogen) atoms. The molecule has 4 aromatic carbocycles. The topological polar surface area (TPSA) is 169 Å². The van der Waals surface area contributed by atoms with Crippen molar-refractivity contribution in [2.45, 2.75) is 27.1 Å². The van der Waals surface area contributed by atoms with Crippen LogP contribution in [0.4, 0.5) is 17.1 Å². The average molecular weight is 612 g/mol. The van der Waals surface area contributed by atoms with Crippen LogP contribution in [0.3, 0.4) is 0 Å². The highest BCUT2D eigenvalue weighted by molar-refractivity contribution is 6.10. The minimum Gasteiger partial charge on any atom is -0.465 e. The van der Waals surface area contributed by atoms with Gasteiger partial charge in [0.25, 0.3) is 17.7 Å². The summed E-state index contributed by atoms with van der Waals surface area (Å²) in [6.07, 6.45) is -1.09. The van der Waals surface area contributed by atoms with Gasteiger partial charge in [-0.25, -0.2) is 0 Å². The standard InChI is InChI=1S/C33H29N3O9/c1-19(37)43-28-10-4-7-22(15-28)31(40)35-26-13-24(33(42)34-25-9-6-12-30(18-25)45-21(3)39)14-27(17-26)36-32(41)23-8-5-11-29(16-23)44-20(2)38/h4-19,37H,1-3H3,(H,34,42)(H,35,40)(H,36,41). The summed E-state index contributed by atoms with van der Waals surface area (Å²) in [5, 5.41) is 17.6. The Bertz CT molecular complexity index is 1770. The van der Waals surface area contributed by atoms with Crippen molar-refractivity contribution in [2.75, 3.05) is 16.0 Å². The third-order valence-electron chi connectivity index (χ3n) is 5.83. The second kappa shape index (κ2) is 14.4. The van der Waals surface area contributed by atoms with Crippen LogP contribution in [0.1, 0.15) is 51.8 Å². The summed E-state index contributed by atoms with van der Waals surface area (Å²) in [7, 11) is 0. The normalized spacial score (nSPS) is 11.0. The van der Waals surface area contributed by atoms with Gasteiger partial charge in [-0.2, -0.15) is 0 Å². The first-order valence-corrected chi connectivity index (χ1v) is 13.6. The highest BCUT2D eigenvalue weighted by atomic mass is 16.6. The number of amides is 3. The number of aliphatic hydroxyl groups excluding tert-OH is 1. The van der Waals surface area contributed by atoms with Gasteiger partial charge in [-0.3, -0.25) is 24.0 Å². The molecule has 0 saturated carbocycles. The van der Waals surface area contributed by atoms with E-state index >= 15 is 0 Å². The molecule has 0 radical (unpaired) electrons. The summed E-state index contributed by atoms with van der Waals surface area (Å²) in [6.45, 7) is 3.92. The van der Waals surface area contributed by atoms with Crippen LogP contribution in [0.15, 0.2) is 91.0 Å². The number of ether oxygens (including phenoxy) is 3. The average Bonchev–Trinajstić information content (AvgIpc) is 2.96. The molecule has 0 aliphatic carbocycles. The molecule has 230 valence electrons. The Balaban J connectivity index is 1.63. The first-order valence-electron chi connectivity index (χ1n) is 13.6.